The van der Waals surface area contributed by atoms with E-state index in [1.807, 2.05) is 6.07 Å². The molecule has 2 N–H and O–H groups in total. The smallest absolute Gasteiger partial charge is 0.267 e. The number of unbranched alkanes of at least 4 members (excludes halogenated alkanes) is 5. The van der Waals surface area contributed by atoms with Gasteiger partial charge in [0.15, 0.2) is 0 Å². The number of carbonyl (C=O) groups excluding carboxylic acids is 1. The number of halogens is 1. The number of pyridine rings is 2. The molecule has 3 aromatic heterocycles. The Kier molecular flexibility index (Phi) is 7.70. The second kappa shape index (κ2) is 11.1. The first-order valence-corrected chi connectivity index (χ1v) is 12.1. The Morgan fingerprint density at radius 1 is 1.06 bits per heavy atom. The van der Waals surface area contributed by atoms with Crippen LogP contribution in [0, 0.1) is 11.2 Å². The molecule has 0 aliphatic carbocycles. The maximum absolute atomic E-state index is 13.3. The Bertz CT molecular complexity index is 1460. The Hall–Kier alpha value is -3.81. The van der Waals surface area contributed by atoms with E-state index >= 15 is 0 Å². The molecule has 0 bridgehead atoms. The fraction of sp³-hybridized carbons (Fsp3) is 0.333. The van der Waals surface area contributed by atoms with Crippen molar-refractivity contribution >= 4 is 22.6 Å². The third-order valence-corrected chi connectivity index (χ3v) is 6.16. The van der Waals surface area contributed by atoms with E-state index in [-0.39, 0.29) is 29.0 Å². The summed E-state index contributed by atoms with van der Waals surface area (Å²) in [6, 6.07) is 12.6. The molecule has 0 spiro atoms. The van der Waals surface area contributed by atoms with Crippen molar-refractivity contribution in [3.8, 4) is 0 Å². The van der Waals surface area contributed by atoms with Crippen molar-refractivity contribution in [1.29, 1.82) is 5.41 Å². The van der Waals surface area contributed by atoms with Crippen molar-refractivity contribution in [1.82, 2.24) is 19.3 Å². The molecule has 1 amide bonds. The average molecular weight is 476 g/mol. The second-order valence-corrected chi connectivity index (χ2v) is 8.72. The summed E-state index contributed by atoms with van der Waals surface area (Å²) in [5.74, 6) is -0.811. The predicted molar refractivity (Wildman–Crippen MR) is 134 cm³/mol. The molecule has 3 heterocycles. The lowest BCUT2D eigenvalue weighted by molar-refractivity contribution is 0.0948. The lowest BCUT2D eigenvalue weighted by atomic mass is 10.1. The molecule has 0 atom stereocenters. The van der Waals surface area contributed by atoms with Crippen LogP contribution in [0.1, 0.15) is 61.4 Å². The van der Waals surface area contributed by atoms with Gasteiger partial charge >= 0.3 is 0 Å². The fourth-order valence-corrected chi connectivity index (χ4v) is 4.21. The minimum absolute atomic E-state index is 0.0230. The van der Waals surface area contributed by atoms with E-state index < -0.39 is 5.91 Å². The number of fused-ring (bicyclic) bond motifs is 2. The molecular formula is C27H30FN5O2. The lowest BCUT2D eigenvalue weighted by Gasteiger charge is -2.15. The minimum Gasteiger partial charge on any atom is -0.348 e. The Balaban J connectivity index is 1.70. The second-order valence-electron chi connectivity index (χ2n) is 8.72. The summed E-state index contributed by atoms with van der Waals surface area (Å²) in [4.78, 5) is 31.0. The fourth-order valence-electron chi connectivity index (χ4n) is 4.21. The number of hydrogen-bond donors (Lipinski definition) is 2. The first kappa shape index (κ1) is 24.3. The van der Waals surface area contributed by atoms with Crippen LogP contribution in [-0.4, -0.2) is 19.9 Å². The van der Waals surface area contributed by atoms with Crippen LogP contribution in [0.3, 0.4) is 0 Å². The predicted octanol–water partition coefficient (Wildman–Crippen LogP) is 4.56. The minimum atomic E-state index is -0.463. The van der Waals surface area contributed by atoms with E-state index in [2.05, 4.69) is 17.2 Å². The maximum atomic E-state index is 13.3. The van der Waals surface area contributed by atoms with Crippen LogP contribution in [0.4, 0.5) is 4.39 Å². The number of benzene rings is 1. The summed E-state index contributed by atoms with van der Waals surface area (Å²) in [6.07, 6.45) is 8.13. The Labute approximate surface area is 202 Å². The Morgan fingerprint density at radius 3 is 2.57 bits per heavy atom. The van der Waals surface area contributed by atoms with Gasteiger partial charge < -0.3 is 9.88 Å². The first-order chi connectivity index (χ1) is 17.0. The van der Waals surface area contributed by atoms with E-state index in [0.717, 1.165) is 24.8 Å². The lowest BCUT2D eigenvalue weighted by Crippen LogP contribution is -2.34. The standard InChI is InChI=1S/C27H30FN5O2/c1-2-3-4-5-6-8-16-33-24(29)21(26(34)30-18-19-11-13-20(28)14-12-19)17-22-25(33)31-23-10-7-9-15-32(23)27(22)35/h7,9-15,17,29H,2-6,8,16,18H2,1H3,(H,30,34). The van der Waals surface area contributed by atoms with Crippen molar-refractivity contribution < 1.29 is 9.18 Å². The number of nitrogens with one attached hydrogen (secondary N) is 2. The SMILES string of the molecule is CCCCCCCCn1c(=N)c(C(=O)NCc2ccc(F)cc2)cc2c(=O)n3ccccc3nc21. The van der Waals surface area contributed by atoms with Gasteiger partial charge in [-0.2, -0.15) is 0 Å². The maximum Gasteiger partial charge on any atom is 0.267 e. The highest BCUT2D eigenvalue weighted by molar-refractivity contribution is 5.96. The zero-order chi connectivity index (χ0) is 24.8. The van der Waals surface area contributed by atoms with E-state index in [0.29, 0.717) is 23.2 Å². The van der Waals surface area contributed by atoms with Crippen LogP contribution < -0.4 is 16.4 Å². The molecule has 7 nitrogen and oxygen atoms in total. The first-order valence-electron chi connectivity index (χ1n) is 12.1. The van der Waals surface area contributed by atoms with Crippen LogP contribution in [0.5, 0.6) is 0 Å². The summed E-state index contributed by atoms with van der Waals surface area (Å²) in [5, 5.41) is 11.9. The monoisotopic (exact) mass is 475 g/mol. The Morgan fingerprint density at radius 2 is 1.80 bits per heavy atom. The van der Waals surface area contributed by atoms with Crippen molar-refractivity contribution in [2.24, 2.45) is 0 Å². The van der Waals surface area contributed by atoms with Gasteiger partial charge in [0, 0.05) is 19.3 Å². The van der Waals surface area contributed by atoms with E-state index in [1.54, 1.807) is 35.0 Å². The van der Waals surface area contributed by atoms with Crippen LogP contribution in [0.15, 0.2) is 59.5 Å². The summed E-state index contributed by atoms with van der Waals surface area (Å²) in [6.45, 7) is 2.86. The van der Waals surface area contributed by atoms with Crippen LogP contribution >= 0.6 is 0 Å². The van der Waals surface area contributed by atoms with E-state index in [1.165, 1.54) is 41.9 Å². The van der Waals surface area contributed by atoms with Crippen molar-refractivity contribution in [2.45, 2.75) is 58.5 Å². The molecule has 4 aromatic rings. The topological polar surface area (TPSA) is 92.2 Å². The number of hydrogen-bond acceptors (Lipinski definition) is 4. The van der Waals surface area contributed by atoms with Gasteiger partial charge in [0.05, 0.1) is 10.9 Å². The number of amides is 1. The molecule has 0 saturated heterocycles. The summed E-state index contributed by atoms with van der Waals surface area (Å²) < 4.78 is 16.3. The largest absolute Gasteiger partial charge is 0.348 e. The molecule has 4 rings (SSSR count). The van der Waals surface area contributed by atoms with Crippen molar-refractivity contribution in [3.63, 3.8) is 0 Å². The number of nitrogens with zero attached hydrogens (tertiary/aromatic N) is 3. The zero-order valence-electron chi connectivity index (χ0n) is 19.9. The molecule has 8 heteroatoms. The van der Waals surface area contributed by atoms with Gasteiger partial charge in [-0.15, -0.1) is 0 Å². The van der Waals surface area contributed by atoms with E-state index in [4.69, 9.17) is 5.41 Å². The molecule has 0 fully saturated rings. The highest BCUT2D eigenvalue weighted by atomic mass is 19.1. The normalized spacial score (nSPS) is 11.3. The van der Waals surface area contributed by atoms with Crippen LogP contribution in [0.25, 0.3) is 16.7 Å². The van der Waals surface area contributed by atoms with Gasteiger partial charge in [-0.05, 0) is 42.3 Å². The van der Waals surface area contributed by atoms with Crippen LogP contribution in [-0.2, 0) is 13.1 Å². The molecule has 0 aliphatic heterocycles. The molecule has 0 unspecified atom stereocenters. The third kappa shape index (κ3) is 5.48. The summed E-state index contributed by atoms with van der Waals surface area (Å²) in [7, 11) is 0. The summed E-state index contributed by atoms with van der Waals surface area (Å²) in [5.41, 5.74) is 1.49. The van der Waals surface area contributed by atoms with Gasteiger partial charge in [0.2, 0.25) is 0 Å². The molecule has 182 valence electrons. The number of aryl methyl sites for hydroxylation is 1. The van der Waals surface area contributed by atoms with Crippen molar-refractivity contribution in [2.75, 3.05) is 0 Å². The molecular weight excluding hydrogens is 445 g/mol. The molecule has 35 heavy (non-hydrogen) atoms. The van der Waals surface area contributed by atoms with E-state index in [9.17, 15) is 14.0 Å². The molecule has 0 saturated carbocycles. The molecule has 1 aromatic carbocycles. The number of rotatable bonds is 10. The van der Waals surface area contributed by atoms with Crippen molar-refractivity contribution in [3.05, 3.63) is 87.5 Å². The van der Waals surface area contributed by atoms with Crippen LogP contribution in [0.2, 0.25) is 0 Å². The van der Waals surface area contributed by atoms with Gasteiger partial charge in [-0.3, -0.25) is 19.4 Å². The van der Waals surface area contributed by atoms with Gasteiger partial charge in [-0.1, -0.05) is 57.2 Å². The van der Waals surface area contributed by atoms with Gasteiger partial charge in [0.1, 0.15) is 22.6 Å². The highest BCUT2D eigenvalue weighted by Crippen LogP contribution is 2.13. The zero-order valence-corrected chi connectivity index (χ0v) is 19.9. The van der Waals surface area contributed by atoms with Gasteiger partial charge in [0.25, 0.3) is 11.5 Å². The number of aromatic nitrogens is 3. The van der Waals surface area contributed by atoms with Gasteiger partial charge in [-0.25, -0.2) is 9.37 Å². The highest BCUT2D eigenvalue weighted by Gasteiger charge is 2.17. The summed E-state index contributed by atoms with van der Waals surface area (Å²) >= 11 is 0. The average Bonchev–Trinajstić information content (AvgIpc) is 2.87. The molecule has 0 radical (unpaired) electrons. The third-order valence-electron chi connectivity index (χ3n) is 6.16. The molecule has 0 aliphatic rings. The number of carbonyl (C=O) groups is 1. The quantitative estimate of drug-likeness (QED) is 0.260.